The number of benzene rings is 1. The van der Waals surface area contributed by atoms with Crippen molar-refractivity contribution in [3.05, 3.63) is 41.5 Å². The van der Waals surface area contributed by atoms with Gasteiger partial charge in [-0.05, 0) is 24.3 Å². The van der Waals surface area contributed by atoms with Gasteiger partial charge < -0.3 is 14.3 Å². The molecule has 0 radical (unpaired) electrons. The summed E-state index contributed by atoms with van der Waals surface area (Å²) in [5.41, 5.74) is 0.794. The summed E-state index contributed by atoms with van der Waals surface area (Å²) in [6.07, 6.45) is 0. The minimum absolute atomic E-state index is 0.0741. The number of nitrogens with zero attached hydrogens (tertiary/aromatic N) is 1. The van der Waals surface area contributed by atoms with E-state index in [0.717, 1.165) is 0 Å². The highest BCUT2D eigenvalue weighted by Gasteiger charge is 2.19. The molecule has 5 nitrogen and oxygen atoms in total. The van der Waals surface area contributed by atoms with Crippen LogP contribution in [0.5, 0.6) is 0 Å². The fraction of sp³-hybridized carbons (Fsp3) is 0.143. The standard InChI is InChI=1S/C14H10FNO4/c1-19-14(18)12-10-5-8(6-17)20-13(10)9-4-7(15)2-3-11(9)16-12/h2-5,17H,6H2,1H3. The number of hydrogen-bond donors (Lipinski definition) is 1. The van der Waals surface area contributed by atoms with Gasteiger partial charge in [-0.25, -0.2) is 14.2 Å². The Hall–Kier alpha value is -2.47. The van der Waals surface area contributed by atoms with Gasteiger partial charge in [-0.1, -0.05) is 0 Å². The molecule has 20 heavy (non-hydrogen) atoms. The molecule has 2 heterocycles. The number of aliphatic hydroxyl groups is 1. The monoisotopic (exact) mass is 275 g/mol. The van der Waals surface area contributed by atoms with Gasteiger partial charge in [0.15, 0.2) is 5.69 Å². The van der Waals surface area contributed by atoms with Gasteiger partial charge in [0.2, 0.25) is 0 Å². The molecule has 0 aliphatic carbocycles. The number of carbonyl (C=O) groups excluding carboxylic acids is 1. The van der Waals surface area contributed by atoms with Crippen LogP contribution in [0.4, 0.5) is 4.39 Å². The number of esters is 1. The summed E-state index contributed by atoms with van der Waals surface area (Å²) < 4.78 is 23.5. The van der Waals surface area contributed by atoms with Crippen LogP contribution in [-0.4, -0.2) is 23.2 Å². The lowest BCUT2D eigenvalue weighted by Crippen LogP contribution is -2.05. The molecule has 0 atom stereocenters. The molecule has 3 aromatic rings. The second kappa shape index (κ2) is 4.57. The summed E-state index contributed by atoms with van der Waals surface area (Å²) in [6, 6.07) is 5.48. The van der Waals surface area contributed by atoms with Gasteiger partial charge in [-0.3, -0.25) is 0 Å². The van der Waals surface area contributed by atoms with E-state index < -0.39 is 11.8 Å². The van der Waals surface area contributed by atoms with Gasteiger partial charge in [-0.15, -0.1) is 0 Å². The maximum absolute atomic E-state index is 13.4. The number of carbonyl (C=O) groups is 1. The van der Waals surface area contributed by atoms with Gasteiger partial charge in [0.1, 0.15) is 23.8 Å². The molecule has 102 valence electrons. The molecule has 6 heteroatoms. The molecule has 0 aliphatic heterocycles. The third kappa shape index (κ3) is 1.81. The average Bonchev–Trinajstić information content (AvgIpc) is 2.90. The number of ether oxygens (including phenoxy) is 1. The number of hydrogen-bond acceptors (Lipinski definition) is 5. The number of furan rings is 1. The first-order valence-electron chi connectivity index (χ1n) is 5.85. The van der Waals surface area contributed by atoms with E-state index in [1.807, 2.05) is 0 Å². The van der Waals surface area contributed by atoms with Crippen LogP contribution in [0.2, 0.25) is 0 Å². The van der Waals surface area contributed by atoms with Crippen molar-refractivity contribution in [2.75, 3.05) is 7.11 Å². The lowest BCUT2D eigenvalue weighted by atomic mass is 10.1. The molecular weight excluding hydrogens is 265 g/mol. The lowest BCUT2D eigenvalue weighted by molar-refractivity contribution is 0.0597. The number of pyridine rings is 1. The maximum Gasteiger partial charge on any atom is 0.357 e. The molecule has 0 bridgehead atoms. The number of methoxy groups -OCH3 is 1. The van der Waals surface area contributed by atoms with Crippen LogP contribution in [0.25, 0.3) is 21.9 Å². The second-order valence-corrected chi connectivity index (χ2v) is 4.23. The Bertz CT molecular complexity index is 825. The Kier molecular flexibility index (Phi) is 2.87. The van der Waals surface area contributed by atoms with Crippen LogP contribution in [0.1, 0.15) is 16.2 Å². The molecule has 1 aromatic carbocycles. The minimum Gasteiger partial charge on any atom is -0.464 e. The largest absolute Gasteiger partial charge is 0.464 e. The molecule has 1 N–H and O–H groups in total. The number of aliphatic hydroxyl groups excluding tert-OH is 1. The molecule has 0 unspecified atom stereocenters. The van der Waals surface area contributed by atoms with Crippen LogP contribution in [0, 0.1) is 5.82 Å². The Morgan fingerprint density at radius 1 is 1.40 bits per heavy atom. The van der Waals surface area contributed by atoms with Crippen molar-refractivity contribution in [3.8, 4) is 0 Å². The highest BCUT2D eigenvalue weighted by atomic mass is 19.1. The van der Waals surface area contributed by atoms with Crippen LogP contribution in [0.3, 0.4) is 0 Å². The van der Waals surface area contributed by atoms with Crippen LogP contribution in [-0.2, 0) is 11.3 Å². The van der Waals surface area contributed by atoms with Crippen molar-refractivity contribution in [2.45, 2.75) is 6.61 Å². The fourth-order valence-electron chi connectivity index (χ4n) is 2.12. The smallest absolute Gasteiger partial charge is 0.357 e. The van der Waals surface area contributed by atoms with E-state index in [-0.39, 0.29) is 18.1 Å². The van der Waals surface area contributed by atoms with Crippen LogP contribution >= 0.6 is 0 Å². The van der Waals surface area contributed by atoms with Gasteiger partial charge in [0.25, 0.3) is 0 Å². The molecule has 0 amide bonds. The average molecular weight is 275 g/mol. The second-order valence-electron chi connectivity index (χ2n) is 4.23. The van der Waals surface area contributed by atoms with E-state index >= 15 is 0 Å². The van der Waals surface area contributed by atoms with Gasteiger partial charge in [0, 0.05) is 5.39 Å². The maximum atomic E-state index is 13.4. The molecule has 0 spiro atoms. The van der Waals surface area contributed by atoms with Crippen molar-refractivity contribution in [2.24, 2.45) is 0 Å². The summed E-state index contributed by atoms with van der Waals surface area (Å²) in [4.78, 5) is 16.0. The lowest BCUT2D eigenvalue weighted by Gasteiger charge is -2.03. The van der Waals surface area contributed by atoms with E-state index in [9.17, 15) is 9.18 Å². The van der Waals surface area contributed by atoms with Gasteiger partial charge in [0.05, 0.1) is 18.0 Å². The van der Waals surface area contributed by atoms with E-state index in [1.165, 1.54) is 31.4 Å². The predicted octanol–water partition coefficient (Wildman–Crippen LogP) is 2.40. The number of rotatable bonds is 2. The number of fused-ring (bicyclic) bond motifs is 3. The van der Waals surface area contributed by atoms with Crippen molar-refractivity contribution in [1.82, 2.24) is 4.98 Å². The quantitative estimate of drug-likeness (QED) is 0.727. The Morgan fingerprint density at radius 2 is 2.20 bits per heavy atom. The molecule has 0 fully saturated rings. The zero-order valence-electron chi connectivity index (χ0n) is 10.5. The van der Waals surface area contributed by atoms with Crippen molar-refractivity contribution >= 4 is 27.8 Å². The Balaban J connectivity index is 2.46. The van der Waals surface area contributed by atoms with E-state index in [4.69, 9.17) is 9.52 Å². The summed E-state index contributed by atoms with van der Waals surface area (Å²) in [6.45, 7) is -0.327. The predicted molar refractivity (Wildman–Crippen MR) is 68.7 cm³/mol. The molecule has 0 saturated carbocycles. The minimum atomic E-state index is -0.619. The summed E-state index contributed by atoms with van der Waals surface area (Å²) in [5.74, 6) is -0.788. The first-order valence-corrected chi connectivity index (χ1v) is 5.85. The number of halogens is 1. The van der Waals surface area contributed by atoms with Gasteiger partial charge in [-0.2, -0.15) is 0 Å². The van der Waals surface area contributed by atoms with Crippen molar-refractivity contribution in [3.63, 3.8) is 0 Å². The molecule has 2 aromatic heterocycles. The summed E-state index contributed by atoms with van der Waals surface area (Å²) in [7, 11) is 1.25. The summed E-state index contributed by atoms with van der Waals surface area (Å²) >= 11 is 0. The van der Waals surface area contributed by atoms with Gasteiger partial charge >= 0.3 is 5.97 Å². The fourth-order valence-corrected chi connectivity index (χ4v) is 2.12. The highest BCUT2D eigenvalue weighted by Crippen LogP contribution is 2.30. The highest BCUT2D eigenvalue weighted by molar-refractivity contribution is 6.11. The SMILES string of the molecule is COC(=O)c1nc2ccc(F)cc2c2oc(CO)cc12. The zero-order valence-corrected chi connectivity index (χ0v) is 10.5. The summed E-state index contributed by atoms with van der Waals surface area (Å²) in [5, 5.41) is 9.97. The Labute approximate surface area is 112 Å². The van der Waals surface area contributed by atoms with E-state index in [0.29, 0.717) is 21.9 Å². The Morgan fingerprint density at radius 3 is 2.90 bits per heavy atom. The normalized spacial score (nSPS) is 11.2. The molecule has 0 aliphatic rings. The van der Waals surface area contributed by atoms with Crippen LogP contribution < -0.4 is 0 Å². The topological polar surface area (TPSA) is 72.6 Å². The molecule has 0 saturated heterocycles. The van der Waals surface area contributed by atoms with Crippen molar-refractivity contribution < 1.29 is 23.4 Å². The zero-order chi connectivity index (χ0) is 14.3. The first-order chi connectivity index (χ1) is 9.63. The molecular formula is C14H10FNO4. The first kappa shape index (κ1) is 12.6. The van der Waals surface area contributed by atoms with E-state index in [2.05, 4.69) is 9.72 Å². The third-order valence-electron chi connectivity index (χ3n) is 3.01. The number of aromatic nitrogens is 1. The van der Waals surface area contributed by atoms with Crippen molar-refractivity contribution in [1.29, 1.82) is 0 Å². The molecule has 3 rings (SSSR count). The van der Waals surface area contributed by atoms with E-state index in [1.54, 1.807) is 0 Å². The third-order valence-corrected chi connectivity index (χ3v) is 3.01. The van der Waals surface area contributed by atoms with Crippen LogP contribution in [0.15, 0.2) is 28.7 Å².